The molecule has 0 aliphatic carbocycles. The van der Waals surface area contributed by atoms with Crippen molar-refractivity contribution in [2.75, 3.05) is 13.7 Å². The van der Waals surface area contributed by atoms with E-state index < -0.39 is 35.6 Å². The second-order valence-corrected chi connectivity index (χ2v) is 5.78. The molecular weight excluding hydrogens is 266 g/mol. The van der Waals surface area contributed by atoms with Crippen molar-refractivity contribution in [3.8, 4) is 0 Å². The number of carbonyl (C=O) groups is 3. The second kappa shape index (κ2) is 6.11. The minimum absolute atomic E-state index is 0.0516. The number of nitrogens with zero attached hydrogens (tertiary/aromatic N) is 1. The highest BCUT2D eigenvalue weighted by Crippen LogP contribution is 2.25. The maximum absolute atomic E-state index is 12.1. The lowest BCUT2D eigenvalue weighted by Gasteiger charge is -2.37. The van der Waals surface area contributed by atoms with Crippen molar-refractivity contribution in [2.24, 2.45) is 5.92 Å². The zero-order valence-corrected chi connectivity index (χ0v) is 12.2. The lowest BCUT2D eigenvalue weighted by Crippen LogP contribution is -2.53. The number of ether oxygens (including phenoxy) is 2. The molecule has 2 unspecified atom stereocenters. The van der Waals surface area contributed by atoms with Crippen molar-refractivity contribution in [3.05, 3.63) is 0 Å². The molecule has 7 heteroatoms. The number of rotatable bonds is 2. The van der Waals surface area contributed by atoms with Crippen LogP contribution in [0.1, 0.15) is 33.6 Å². The van der Waals surface area contributed by atoms with Crippen molar-refractivity contribution in [3.63, 3.8) is 0 Å². The Morgan fingerprint density at radius 2 is 1.80 bits per heavy atom. The number of likely N-dealkylation sites (tertiary alicyclic amines) is 1. The number of hydrogen-bond acceptors (Lipinski definition) is 5. The number of amides is 1. The fraction of sp³-hybridized carbons (Fsp3) is 0.769. The van der Waals surface area contributed by atoms with Crippen LogP contribution in [0.3, 0.4) is 0 Å². The molecule has 1 heterocycles. The Kier molecular flexibility index (Phi) is 4.97. The Morgan fingerprint density at radius 3 is 2.25 bits per heavy atom. The van der Waals surface area contributed by atoms with Gasteiger partial charge in [0, 0.05) is 6.54 Å². The molecule has 1 N–H and O–H groups in total. The molecule has 1 amide bonds. The zero-order chi connectivity index (χ0) is 15.5. The third-order valence-electron chi connectivity index (χ3n) is 3.03. The summed E-state index contributed by atoms with van der Waals surface area (Å²) in [6.45, 7) is 5.06. The third-order valence-corrected chi connectivity index (χ3v) is 3.03. The number of carbonyl (C=O) groups excluding carboxylic acids is 2. The number of methoxy groups -OCH3 is 1. The normalized spacial score (nSPS) is 23.1. The van der Waals surface area contributed by atoms with Crippen LogP contribution >= 0.6 is 0 Å². The minimum Gasteiger partial charge on any atom is -0.481 e. The number of hydrogen-bond donors (Lipinski definition) is 1. The van der Waals surface area contributed by atoms with Crippen molar-refractivity contribution < 1.29 is 29.0 Å². The van der Waals surface area contributed by atoms with E-state index in [2.05, 4.69) is 4.74 Å². The van der Waals surface area contributed by atoms with Gasteiger partial charge in [0.1, 0.15) is 11.6 Å². The molecule has 0 bridgehead atoms. The van der Waals surface area contributed by atoms with E-state index >= 15 is 0 Å². The van der Waals surface area contributed by atoms with Gasteiger partial charge in [-0.2, -0.15) is 0 Å². The Bertz CT molecular complexity index is 400. The van der Waals surface area contributed by atoms with Crippen LogP contribution < -0.4 is 0 Å². The molecule has 0 aromatic heterocycles. The Hall–Kier alpha value is -1.79. The summed E-state index contributed by atoms with van der Waals surface area (Å²) < 4.78 is 9.88. The number of aliphatic carboxylic acids is 1. The van der Waals surface area contributed by atoms with Crippen LogP contribution in [0.15, 0.2) is 0 Å². The van der Waals surface area contributed by atoms with E-state index in [1.165, 1.54) is 7.11 Å². The lowest BCUT2D eigenvalue weighted by molar-refractivity contribution is -0.153. The van der Waals surface area contributed by atoms with Crippen molar-refractivity contribution in [1.29, 1.82) is 0 Å². The molecule has 0 spiro atoms. The quantitative estimate of drug-likeness (QED) is 0.768. The monoisotopic (exact) mass is 287 g/mol. The van der Waals surface area contributed by atoms with Crippen LogP contribution in [0.2, 0.25) is 0 Å². The van der Waals surface area contributed by atoms with Gasteiger partial charge in [0.25, 0.3) is 0 Å². The Morgan fingerprint density at radius 1 is 1.20 bits per heavy atom. The van der Waals surface area contributed by atoms with Crippen molar-refractivity contribution in [2.45, 2.75) is 45.3 Å². The van der Waals surface area contributed by atoms with Gasteiger partial charge in [-0.05, 0) is 33.6 Å². The van der Waals surface area contributed by atoms with Crippen LogP contribution in [0.5, 0.6) is 0 Å². The van der Waals surface area contributed by atoms with Gasteiger partial charge in [0.15, 0.2) is 0 Å². The maximum Gasteiger partial charge on any atom is 0.411 e. The maximum atomic E-state index is 12.1. The number of piperidine rings is 1. The molecule has 114 valence electrons. The lowest BCUT2D eigenvalue weighted by atomic mass is 9.93. The highest BCUT2D eigenvalue weighted by Gasteiger charge is 2.40. The van der Waals surface area contributed by atoms with E-state index in [0.29, 0.717) is 6.42 Å². The van der Waals surface area contributed by atoms with Gasteiger partial charge >= 0.3 is 18.0 Å². The molecule has 0 saturated carbocycles. The Labute approximate surface area is 117 Å². The molecule has 7 nitrogen and oxygen atoms in total. The number of esters is 1. The van der Waals surface area contributed by atoms with Crippen LogP contribution in [0.25, 0.3) is 0 Å². The predicted octanol–water partition coefficient (Wildman–Crippen LogP) is 1.26. The first-order valence-corrected chi connectivity index (χ1v) is 6.46. The smallest absolute Gasteiger partial charge is 0.411 e. The summed E-state index contributed by atoms with van der Waals surface area (Å²) in [6, 6.07) is -0.787. The van der Waals surface area contributed by atoms with Crippen molar-refractivity contribution >= 4 is 18.0 Å². The molecule has 1 rings (SSSR count). The van der Waals surface area contributed by atoms with Crippen molar-refractivity contribution in [1.82, 2.24) is 4.90 Å². The summed E-state index contributed by atoms with van der Waals surface area (Å²) in [5.41, 5.74) is -0.714. The molecule has 1 aliphatic rings. The molecule has 1 fully saturated rings. The van der Waals surface area contributed by atoms with E-state index in [0.717, 1.165) is 4.90 Å². The van der Waals surface area contributed by atoms with Gasteiger partial charge in [-0.15, -0.1) is 0 Å². The van der Waals surface area contributed by atoms with E-state index in [1.807, 2.05) is 0 Å². The molecule has 0 radical (unpaired) electrons. The van der Waals surface area contributed by atoms with Crippen LogP contribution in [0, 0.1) is 5.92 Å². The Balaban J connectivity index is 2.89. The molecule has 1 aliphatic heterocycles. The number of carboxylic acid groups (broad SMARTS) is 1. The first-order valence-electron chi connectivity index (χ1n) is 6.46. The summed E-state index contributed by atoms with van der Waals surface area (Å²) in [7, 11) is 1.24. The molecule has 20 heavy (non-hydrogen) atoms. The molecular formula is C13H21NO6. The van der Waals surface area contributed by atoms with Crippen LogP contribution in [-0.2, 0) is 19.1 Å². The number of carboxylic acids is 1. The molecule has 2 atom stereocenters. The summed E-state index contributed by atoms with van der Waals surface area (Å²) in [4.78, 5) is 36.0. The average molecular weight is 287 g/mol. The molecule has 0 aromatic carbocycles. The van der Waals surface area contributed by atoms with E-state index in [-0.39, 0.29) is 13.0 Å². The molecule has 1 saturated heterocycles. The topological polar surface area (TPSA) is 93.1 Å². The van der Waals surface area contributed by atoms with Gasteiger partial charge in [0.2, 0.25) is 0 Å². The first kappa shape index (κ1) is 16.3. The largest absolute Gasteiger partial charge is 0.481 e. The second-order valence-electron chi connectivity index (χ2n) is 5.78. The van der Waals surface area contributed by atoms with E-state index in [4.69, 9.17) is 9.84 Å². The standard InChI is InChI=1S/C13H21NO6/c1-13(2,3)20-12(18)14-7-8(10(15)16)5-6-9(14)11(17)19-4/h8-9H,5-7H2,1-4H3,(H,15,16). The van der Waals surface area contributed by atoms with Crippen LogP contribution in [0.4, 0.5) is 4.79 Å². The summed E-state index contributed by atoms with van der Waals surface area (Å²) in [5, 5.41) is 9.06. The SMILES string of the molecule is COC(=O)C1CCC(C(=O)O)CN1C(=O)OC(C)(C)C. The fourth-order valence-electron chi connectivity index (χ4n) is 2.08. The van der Waals surface area contributed by atoms with E-state index in [9.17, 15) is 14.4 Å². The average Bonchev–Trinajstić information content (AvgIpc) is 2.35. The van der Waals surface area contributed by atoms with Gasteiger partial charge in [0.05, 0.1) is 13.0 Å². The van der Waals surface area contributed by atoms with Gasteiger partial charge in [-0.1, -0.05) is 0 Å². The predicted molar refractivity (Wildman–Crippen MR) is 69.1 cm³/mol. The highest BCUT2D eigenvalue weighted by molar-refractivity contribution is 5.83. The highest BCUT2D eigenvalue weighted by atomic mass is 16.6. The summed E-state index contributed by atoms with van der Waals surface area (Å²) in [5.74, 6) is -2.23. The van der Waals surface area contributed by atoms with Gasteiger partial charge in [-0.25, -0.2) is 9.59 Å². The van der Waals surface area contributed by atoms with Gasteiger partial charge in [-0.3, -0.25) is 9.69 Å². The third kappa shape index (κ3) is 4.11. The summed E-state index contributed by atoms with van der Waals surface area (Å²) >= 11 is 0. The van der Waals surface area contributed by atoms with Crippen LogP contribution in [-0.4, -0.2) is 53.3 Å². The zero-order valence-electron chi connectivity index (χ0n) is 12.2. The molecule has 0 aromatic rings. The first-order chi connectivity index (χ1) is 9.15. The fourth-order valence-corrected chi connectivity index (χ4v) is 2.08. The van der Waals surface area contributed by atoms with E-state index in [1.54, 1.807) is 20.8 Å². The van der Waals surface area contributed by atoms with Gasteiger partial charge < -0.3 is 14.6 Å². The summed E-state index contributed by atoms with van der Waals surface area (Å²) in [6.07, 6.45) is -0.115. The minimum atomic E-state index is -0.984.